The van der Waals surface area contributed by atoms with Crippen molar-refractivity contribution in [1.82, 2.24) is 4.90 Å². The summed E-state index contributed by atoms with van der Waals surface area (Å²) in [6.45, 7) is 2.51. The molecule has 1 amide bonds. The lowest BCUT2D eigenvalue weighted by Gasteiger charge is -2.25. The van der Waals surface area contributed by atoms with Gasteiger partial charge in [-0.3, -0.25) is 4.79 Å². The smallest absolute Gasteiger partial charge is 0.253 e. The van der Waals surface area contributed by atoms with Gasteiger partial charge in [0.1, 0.15) is 18.1 Å². The zero-order valence-electron chi connectivity index (χ0n) is 16.1. The van der Waals surface area contributed by atoms with Gasteiger partial charge < -0.3 is 14.1 Å². The van der Waals surface area contributed by atoms with E-state index in [1.165, 1.54) is 0 Å². The molecule has 1 aromatic heterocycles. The molecule has 0 saturated carbocycles. The topological polar surface area (TPSA) is 42.7 Å². The Labute approximate surface area is 174 Å². The summed E-state index contributed by atoms with van der Waals surface area (Å²) in [6, 6.07) is 19.3. The van der Waals surface area contributed by atoms with Gasteiger partial charge in [-0.05, 0) is 71.2 Å². The third-order valence-electron chi connectivity index (χ3n) is 4.80. The minimum absolute atomic E-state index is 0.0187. The maximum Gasteiger partial charge on any atom is 0.253 e. The van der Waals surface area contributed by atoms with Gasteiger partial charge in [-0.2, -0.15) is 0 Å². The Kier molecular flexibility index (Phi) is 6.93. The summed E-state index contributed by atoms with van der Waals surface area (Å²) in [5.41, 5.74) is 1.69. The van der Waals surface area contributed by atoms with Crippen molar-refractivity contribution in [2.75, 3.05) is 7.05 Å². The highest BCUT2D eigenvalue weighted by atomic mass is 79.9. The molecule has 0 fully saturated rings. The molecule has 0 saturated heterocycles. The number of carbonyl (C=O) groups is 1. The average Bonchev–Trinajstić information content (AvgIpc) is 3.24. The van der Waals surface area contributed by atoms with Gasteiger partial charge in [0.25, 0.3) is 5.91 Å². The number of furan rings is 1. The van der Waals surface area contributed by atoms with E-state index in [0.29, 0.717) is 12.2 Å². The van der Waals surface area contributed by atoms with Gasteiger partial charge in [0, 0.05) is 25.1 Å². The number of aryl methyl sites for hydroxylation is 1. The number of amides is 1. The van der Waals surface area contributed by atoms with Gasteiger partial charge in [-0.1, -0.05) is 24.3 Å². The van der Waals surface area contributed by atoms with Gasteiger partial charge in [-0.25, -0.2) is 0 Å². The van der Waals surface area contributed by atoms with Crippen molar-refractivity contribution in [1.29, 1.82) is 0 Å². The van der Waals surface area contributed by atoms with Crippen molar-refractivity contribution in [2.45, 2.75) is 32.4 Å². The molecular weight excluding hydrogens is 418 g/mol. The van der Waals surface area contributed by atoms with E-state index in [9.17, 15) is 4.79 Å². The van der Waals surface area contributed by atoms with Gasteiger partial charge in [0.2, 0.25) is 0 Å². The van der Waals surface area contributed by atoms with Gasteiger partial charge in [0.05, 0.1) is 10.7 Å². The molecule has 3 rings (SSSR count). The van der Waals surface area contributed by atoms with Crippen LogP contribution in [0.4, 0.5) is 0 Å². The third kappa shape index (κ3) is 5.26. The molecule has 0 aliphatic heterocycles. The second kappa shape index (κ2) is 9.60. The van der Waals surface area contributed by atoms with Gasteiger partial charge >= 0.3 is 0 Å². The van der Waals surface area contributed by atoms with E-state index >= 15 is 0 Å². The van der Waals surface area contributed by atoms with Crippen molar-refractivity contribution in [3.63, 3.8) is 0 Å². The molecule has 0 aliphatic rings. The maximum absolute atomic E-state index is 12.7. The third-order valence-corrected chi connectivity index (χ3v) is 5.46. The molecule has 1 unspecified atom stereocenters. The van der Waals surface area contributed by atoms with Crippen molar-refractivity contribution in [2.24, 2.45) is 0 Å². The summed E-state index contributed by atoms with van der Waals surface area (Å²) < 4.78 is 12.1. The Bertz CT molecular complexity index is 890. The first-order valence-corrected chi connectivity index (χ1v) is 10.1. The number of nitrogens with zero attached hydrogens (tertiary/aromatic N) is 1. The fraction of sp³-hybridized carbons (Fsp3) is 0.261. The Hall–Kier alpha value is -2.53. The molecule has 0 aliphatic carbocycles. The fourth-order valence-electron chi connectivity index (χ4n) is 2.87. The van der Waals surface area contributed by atoms with Crippen LogP contribution in [0.1, 0.15) is 35.0 Å². The Morgan fingerprint density at radius 2 is 1.86 bits per heavy atom. The number of benzene rings is 2. The van der Waals surface area contributed by atoms with E-state index in [1.807, 2.05) is 67.7 Å². The van der Waals surface area contributed by atoms with Crippen LogP contribution in [0, 0.1) is 0 Å². The fourth-order valence-corrected chi connectivity index (χ4v) is 3.27. The number of para-hydroxylation sites is 1. The Morgan fingerprint density at radius 1 is 1.11 bits per heavy atom. The summed E-state index contributed by atoms with van der Waals surface area (Å²) >= 11 is 3.47. The first-order chi connectivity index (χ1) is 13.5. The van der Waals surface area contributed by atoms with Crippen LogP contribution >= 0.6 is 15.9 Å². The maximum atomic E-state index is 12.7. The monoisotopic (exact) mass is 441 g/mol. The molecule has 5 heteroatoms. The number of hydrogen-bond donors (Lipinski definition) is 0. The van der Waals surface area contributed by atoms with E-state index in [4.69, 9.17) is 9.15 Å². The highest BCUT2D eigenvalue weighted by Gasteiger charge is 2.17. The summed E-state index contributed by atoms with van der Waals surface area (Å²) in [7, 11) is 1.85. The second-order valence-corrected chi connectivity index (χ2v) is 7.65. The standard InChI is InChI=1S/C23H24BrNO3/c1-17(9-14-20-6-5-15-27-20)25(2)23(26)19-12-10-18(11-13-19)16-28-22-8-4-3-7-21(22)24/h3-8,10-13,15,17H,9,14,16H2,1-2H3. The van der Waals surface area contributed by atoms with Crippen LogP contribution in [0.2, 0.25) is 0 Å². The second-order valence-electron chi connectivity index (χ2n) is 6.80. The first-order valence-electron chi connectivity index (χ1n) is 9.30. The quantitative estimate of drug-likeness (QED) is 0.449. The molecule has 4 nitrogen and oxygen atoms in total. The Balaban J connectivity index is 1.54. The molecule has 0 spiro atoms. The summed E-state index contributed by atoms with van der Waals surface area (Å²) in [4.78, 5) is 14.5. The van der Waals surface area contributed by atoms with Crippen LogP contribution in [-0.2, 0) is 13.0 Å². The molecule has 0 N–H and O–H groups in total. The molecule has 3 aromatic rings. The van der Waals surface area contributed by atoms with E-state index in [2.05, 4.69) is 22.9 Å². The van der Waals surface area contributed by atoms with Crippen molar-refractivity contribution in [3.8, 4) is 5.75 Å². The minimum Gasteiger partial charge on any atom is -0.488 e. The SMILES string of the molecule is CC(CCc1ccco1)N(C)C(=O)c1ccc(COc2ccccc2Br)cc1. The van der Waals surface area contributed by atoms with Crippen molar-refractivity contribution >= 4 is 21.8 Å². The highest BCUT2D eigenvalue weighted by Crippen LogP contribution is 2.24. The van der Waals surface area contributed by atoms with Crippen LogP contribution in [0.5, 0.6) is 5.75 Å². The molecule has 0 radical (unpaired) electrons. The molecule has 2 aromatic carbocycles. The lowest BCUT2D eigenvalue weighted by Crippen LogP contribution is -2.35. The average molecular weight is 442 g/mol. The number of carbonyl (C=O) groups excluding carboxylic acids is 1. The predicted octanol–water partition coefficient (Wildman–Crippen LogP) is 5.71. The molecule has 28 heavy (non-hydrogen) atoms. The molecule has 0 bridgehead atoms. The number of hydrogen-bond acceptors (Lipinski definition) is 3. The summed E-state index contributed by atoms with van der Waals surface area (Å²) in [5.74, 6) is 1.76. The molecular formula is C23H24BrNO3. The largest absolute Gasteiger partial charge is 0.488 e. The first kappa shape index (κ1) is 20.2. The van der Waals surface area contributed by atoms with Crippen LogP contribution in [-0.4, -0.2) is 23.9 Å². The van der Waals surface area contributed by atoms with E-state index in [0.717, 1.165) is 34.4 Å². The number of rotatable bonds is 8. The number of ether oxygens (including phenoxy) is 1. The molecule has 1 atom stereocenters. The van der Waals surface area contributed by atoms with Crippen molar-refractivity contribution in [3.05, 3.63) is 88.3 Å². The zero-order chi connectivity index (χ0) is 19.9. The summed E-state index contributed by atoms with van der Waals surface area (Å²) in [5, 5.41) is 0. The van der Waals surface area contributed by atoms with E-state index < -0.39 is 0 Å². The Morgan fingerprint density at radius 3 is 2.54 bits per heavy atom. The number of halogens is 1. The molecule has 146 valence electrons. The van der Waals surface area contributed by atoms with E-state index in [-0.39, 0.29) is 11.9 Å². The molecule has 1 heterocycles. The predicted molar refractivity (Wildman–Crippen MR) is 114 cm³/mol. The minimum atomic E-state index is 0.0187. The van der Waals surface area contributed by atoms with Crippen LogP contribution in [0.25, 0.3) is 0 Å². The van der Waals surface area contributed by atoms with Gasteiger partial charge in [0.15, 0.2) is 0 Å². The lowest BCUT2D eigenvalue weighted by atomic mass is 10.1. The van der Waals surface area contributed by atoms with Gasteiger partial charge in [-0.15, -0.1) is 0 Å². The normalized spacial score (nSPS) is 11.8. The van der Waals surface area contributed by atoms with Crippen molar-refractivity contribution < 1.29 is 13.9 Å². The highest BCUT2D eigenvalue weighted by molar-refractivity contribution is 9.10. The van der Waals surface area contributed by atoms with E-state index in [1.54, 1.807) is 11.2 Å². The lowest BCUT2D eigenvalue weighted by molar-refractivity contribution is 0.0736. The zero-order valence-corrected chi connectivity index (χ0v) is 17.7. The van der Waals surface area contributed by atoms with Crippen LogP contribution in [0.3, 0.4) is 0 Å². The van der Waals surface area contributed by atoms with Crippen LogP contribution in [0.15, 0.2) is 75.8 Å². The van der Waals surface area contributed by atoms with Crippen LogP contribution < -0.4 is 4.74 Å². The summed E-state index contributed by atoms with van der Waals surface area (Å²) in [6.07, 6.45) is 3.35.